The van der Waals surface area contributed by atoms with Crippen LogP contribution in [-0.2, 0) is 4.79 Å². The SMILES string of the molecule is CCN(CC)CCNc1ccc(-c2nc3c(NC=O)cccc3[nH]2)cn1. The van der Waals surface area contributed by atoms with Gasteiger partial charge in [0, 0.05) is 24.8 Å². The molecule has 7 nitrogen and oxygen atoms in total. The van der Waals surface area contributed by atoms with E-state index in [4.69, 9.17) is 0 Å². The Kier molecular flexibility index (Phi) is 5.80. The fourth-order valence-corrected chi connectivity index (χ4v) is 2.87. The Balaban J connectivity index is 1.71. The number of nitrogens with zero attached hydrogens (tertiary/aromatic N) is 3. The number of nitrogens with one attached hydrogen (secondary N) is 3. The third-order valence-corrected chi connectivity index (χ3v) is 4.39. The predicted octanol–water partition coefficient (Wildman–Crippen LogP) is 2.95. The number of hydrogen-bond acceptors (Lipinski definition) is 5. The molecule has 0 aliphatic rings. The van der Waals surface area contributed by atoms with E-state index in [1.165, 1.54) is 0 Å². The first kappa shape index (κ1) is 17.9. The zero-order chi connectivity index (χ0) is 18.4. The smallest absolute Gasteiger partial charge is 0.211 e. The quantitative estimate of drug-likeness (QED) is 0.516. The summed E-state index contributed by atoms with van der Waals surface area (Å²) in [7, 11) is 0. The highest BCUT2D eigenvalue weighted by atomic mass is 16.1. The second-order valence-corrected chi connectivity index (χ2v) is 5.94. The van der Waals surface area contributed by atoms with Gasteiger partial charge in [0.05, 0.1) is 11.2 Å². The lowest BCUT2D eigenvalue weighted by molar-refractivity contribution is -0.105. The van der Waals surface area contributed by atoms with E-state index in [0.717, 1.165) is 54.4 Å². The summed E-state index contributed by atoms with van der Waals surface area (Å²) in [6, 6.07) is 9.56. The maximum absolute atomic E-state index is 10.7. The number of amides is 1. The average Bonchev–Trinajstić information content (AvgIpc) is 3.11. The van der Waals surface area contributed by atoms with Crippen LogP contribution < -0.4 is 10.6 Å². The van der Waals surface area contributed by atoms with E-state index in [0.29, 0.717) is 12.1 Å². The first-order valence-electron chi connectivity index (χ1n) is 8.86. The molecule has 0 bridgehead atoms. The molecule has 136 valence electrons. The maximum Gasteiger partial charge on any atom is 0.211 e. The maximum atomic E-state index is 10.7. The molecule has 3 rings (SSSR count). The number of likely N-dealkylation sites (N-methyl/N-ethyl adjacent to an activating group) is 1. The predicted molar refractivity (Wildman–Crippen MR) is 105 cm³/mol. The van der Waals surface area contributed by atoms with Crippen molar-refractivity contribution in [2.24, 2.45) is 0 Å². The average molecular weight is 352 g/mol. The fourth-order valence-electron chi connectivity index (χ4n) is 2.87. The first-order chi connectivity index (χ1) is 12.7. The minimum atomic E-state index is 0.656. The van der Waals surface area contributed by atoms with E-state index < -0.39 is 0 Å². The van der Waals surface area contributed by atoms with Crippen molar-refractivity contribution in [2.45, 2.75) is 13.8 Å². The summed E-state index contributed by atoms with van der Waals surface area (Å²) < 4.78 is 0. The molecule has 0 aliphatic heterocycles. The molecule has 0 radical (unpaired) electrons. The molecular weight excluding hydrogens is 328 g/mol. The highest BCUT2D eigenvalue weighted by Crippen LogP contribution is 2.25. The van der Waals surface area contributed by atoms with Gasteiger partial charge in [0.2, 0.25) is 6.41 Å². The van der Waals surface area contributed by atoms with Crippen LogP contribution in [0.15, 0.2) is 36.5 Å². The third-order valence-electron chi connectivity index (χ3n) is 4.39. The lowest BCUT2D eigenvalue weighted by Crippen LogP contribution is -2.28. The number of fused-ring (bicyclic) bond motifs is 1. The van der Waals surface area contributed by atoms with Crippen LogP contribution in [0.5, 0.6) is 0 Å². The van der Waals surface area contributed by atoms with Gasteiger partial charge in [-0.15, -0.1) is 0 Å². The summed E-state index contributed by atoms with van der Waals surface area (Å²) in [5.74, 6) is 1.57. The van der Waals surface area contributed by atoms with Crippen LogP contribution in [0.1, 0.15) is 13.8 Å². The molecule has 0 saturated carbocycles. The van der Waals surface area contributed by atoms with Gasteiger partial charge in [-0.25, -0.2) is 9.97 Å². The number of carbonyl (C=O) groups excluding carboxylic acids is 1. The van der Waals surface area contributed by atoms with Crippen LogP contribution in [0.25, 0.3) is 22.4 Å². The zero-order valence-corrected chi connectivity index (χ0v) is 15.1. The molecule has 0 saturated heterocycles. The number of imidazole rings is 1. The number of benzene rings is 1. The molecule has 2 aromatic heterocycles. The van der Waals surface area contributed by atoms with E-state index in [1.54, 1.807) is 6.20 Å². The number of H-pyrrole nitrogens is 1. The summed E-state index contributed by atoms with van der Waals surface area (Å²) in [5, 5.41) is 6.02. The number of carbonyl (C=O) groups is 1. The summed E-state index contributed by atoms with van der Waals surface area (Å²) in [4.78, 5) is 25.4. The summed E-state index contributed by atoms with van der Waals surface area (Å²) in [5.41, 5.74) is 3.18. The molecule has 0 unspecified atom stereocenters. The lowest BCUT2D eigenvalue weighted by atomic mass is 10.2. The van der Waals surface area contributed by atoms with Crippen LogP contribution in [-0.4, -0.2) is 52.4 Å². The number of anilines is 2. The minimum absolute atomic E-state index is 0.656. The van der Waals surface area contributed by atoms with E-state index in [-0.39, 0.29) is 0 Å². The molecule has 3 N–H and O–H groups in total. The van der Waals surface area contributed by atoms with Gasteiger partial charge < -0.3 is 20.5 Å². The van der Waals surface area contributed by atoms with Crippen molar-refractivity contribution in [3.05, 3.63) is 36.5 Å². The molecular formula is C19H24N6O. The molecule has 26 heavy (non-hydrogen) atoms. The number of hydrogen-bond donors (Lipinski definition) is 3. The van der Waals surface area contributed by atoms with Crippen molar-refractivity contribution in [2.75, 3.05) is 36.8 Å². The molecule has 2 heterocycles. The van der Waals surface area contributed by atoms with Crippen LogP contribution in [0.4, 0.5) is 11.5 Å². The molecule has 0 aliphatic carbocycles. The van der Waals surface area contributed by atoms with Crippen LogP contribution in [0.2, 0.25) is 0 Å². The molecule has 7 heteroatoms. The van der Waals surface area contributed by atoms with Gasteiger partial charge in [0.25, 0.3) is 0 Å². The van der Waals surface area contributed by atoms with Crippen molar-refractivity contribution < 1.29 is 4.79 Å². The van der Waals surface area contributed by atoms with Crippen molar-refractivity contribution >= 4 is 28.9 Å². The van der Waals surface area contributed by atoms with E-state index in [2.05, 4.69) is 44.3 Å². The normalized spacial score (nSPS) is 11.0. The number of aromatic nitrogens is 3. The van der Waals surface area contributed by atoms with Crippen LogP contribution >= 0.6 is 0 Å². The second-order valence-electron chi connectivity index (χ2n) is 5.94. The van der Waals surface area contributed by atoms with Crippen molar-refractivity contribution in [1.29, 1.82) is 0 Å². The van der Waals surface area contributed by atoms with Gasteiger partial charge in [0.15, 0.2) is 0 Å². The molecule has 0 spiro atoms. The Morgan fingerprint density at radius 1 is 1.19 bits per heavy atom. The Morgan fingerprint density at radius 3 is 2.73 bits per heavy atom. The molecule has 0 fully saturated rings. The number of rotatable bonds is 9. The van der Waals surface area contributed by atoms with Crippen molar-refractivity contribution in [1.82, 2.24) is 19.9 Å². The Hall–Kier alpha value is -2.93. The van der Waals surface area contributed by atoms with Gasteiger partial charge in [-0.2, -0.15) is 0 Å². The standard InChI is InChI=1S/C19H24N6O/c1-3-25(4-2)11-10-20-17-9-8-14(12-21-17)19-23-16-7-5-6-15(22-13-26)18(16)24-19/h5-9,12-13H,3-4,10-11H2,1-2H3,(H,20,21)(H,22,26)(H,23,24). The van der Waals surface area contributed by atoms with Crippen molar-refractivity contribution in [3.8, 4) is 11.4 Å². The first-order valence-corrected chi connectivity index (χ1v) is 8.86. The van der Waals surface area contributed by atoms with Crippen molar-refractivity contribution in [3.63, 3.8) is 0 Å². The Morgan fingerprint density at radius 2 is 2.04 bits per heavy atom. The highest BCUT2D eigenvalue weighted by molar-refractivity contribution is 5.94. The minimum Gasteiger partial charge on any atom is -0.369 e. The van der Waals surface area contributed by atoms with E-state index in [9.17, 15) is 4.79 Å². The number of para-hydroxylation sites is 1. The second kappa shape index (κ2) is 8.44. The van der Waals surface area contributed by atoms with Gasteiger partial charge in [0.1, 0.15) is 17.2 Å². The Bertz CT molecular complexity index is 854. The van der Waals surface area contributed by atoms with Gasteiger partial charge in [-0.1, -0.05) is 19.9 Å². The lowest BCUT2D eigenvalue weighted by Gasteiger charge is -2.18. The van der Waals surface area contributed by atoms with Crippen LogP contribution in [0.3, 0.4) is 0 Å². The Labute approximate surface area is 152 Å². The summed E-state index contributed by atoms with van der Waals surface area (Å²) in [6.07, 6.45) is 2.45. The molecule has 1 amide bonds. The zero-order valence-electron chi connectivity index (χ0n) is 15.1. The van der Waals surface area contributed by atoms with Gasteiger partial charge >= 0.3 is 0 Å². The summed E-state index contributed by atoms with van der Waals surface area (Å²) >= 11 is 0. The number of aromatic amines is 1. The highest BCUT2D eigenvalue weighted by Gasteiger charge is 2.09. The largest absolute Gasteiger partial charge is 0.369 e. The molecule has 1 aromatic carbocycles. The number of pyridine rings is 1. The van der Waals surface area contributed by atoms with E-state index >= 15 is 0 Å². The monoisotopic (exact) mass is 352 g/mol. The van der Waals surface area contributed by atoms with Gasteiger partial charge in [-0.05, 0) is 37.4 Å². The van der Waals surface area contributed by atoms with Gasteiger partial charge in [-0.3, -0.25) is 4.79 Å². The third kappa shape index (κ3) is 4.00. The summed E-state index contributed by atoms with van der Waals surface area (Å²) in [6.45, 7) is 8.29. The molecule has 3 aromatic rings. The molecule has 0 atom stereocenters. The fraction of sp³-hybridized carbons (Fsp3) is 0.316. The topological polar surface area (TPSA) is 85.9 Å². The van der Waals surface area contributed by atoms with E-state index in [1.807, 2.05) is 30.3 Å². The van der Waals surface area contributed by atoms with Crippen LogP contribution in [0, 0.1) is 0 Å².